The van der Waals surface area contributed by atoms with Crippen LogP contribution in [-0.2, 0) is 0 Å². The van der Waals surface area contributed by atoms with Crippen molar-refractivity contribution in [2.45, 2.75) is 13.8 Å². The summed E-state index contributed by atoms with van der Waals surface area (Å²) in [6.07, 6.45) is 9.07. The van der Waals surface area contributed by atoms with Crippen molar-refractivity contribution in [3.8, 4) is 23.5 Å². The first kappa shape index (κ1) is 12.2. The molecule has 18 heavy (non-hydrogen) atoms. The minimum Gasteiger partial charge on any atom is -0.115 e. The van der Waals surface area contributed by atoms with Crippen LogP contribution in [0.25, 0.3) is 17.2 Å². The molecule has 2 aromatic carbocycles. The maximum Gasteiger partial charge on any atom is -0.0106 e. The van der Waals surface area contributed by atoms with Gasteiger partial charge in [-0.1, -0.05) is 48.4 Å². The first-order valence-electron chi connectivity index (χ1n) is 6.02. The minimum absolute atomic E-state index is 1.20. The summed E-state index contributed by atoms with van der Waals surface area (Å²) >= 11 is 0. The van der Waals surface area contributed by atoms with Crippen LogP contribution in [0.5, 0.6) is 0 Å². The Balaban J connectivity index is 2.66. The second-order valence-electron chi connectivity index (χ2n) is 4.35. The minimum atomic E-state index is 1.20. The van der Waals surface area contributed by atoms with Crippen LogP contribution in [0, 0.1) is 26.2 Å². The van der Waals surface area contributed by atoms with E-state index in [1.54, 1.807) is 6.08 Å². The predicted octanol–water partition coefficient (Wildman–Crippen LogP) is 4.62. The number of hydrogen-bond donors (Lipinski definition) is 0. The van der Waals surface area contributed by atoms with Gasteiger partial charge in [-0.3, -0.25) is 0 Å². The third-order valence-corrected chi connectivity index (χ3v) is 3.11. The van der Waals surface area contributed by atoms with E-state index in [9.17, 15) is 0 Å². The zero-order chi connectivity index (χ0) is 13.0. The molecule has 0 aliphatic rings. The van der Waals surface area contributed by atoms with Crippen molar-refractivity contribution in [3.05, 3.63) is 65.2 Å². The SMILES string of the molecule is C#CC=Cc1c(C)cccc1-c1ccccc1C. The van der Waals surface area contributed by atoms with Gasteiger partial charge in [-0.15, -0.1) is 6.42 Å². The van der Waals surface area contributed by atoms with Crippen molar-refractivity contribution in [1.82, 2.24) is 0 Å². The smallest absolute Gasteiger partial charge is 0.0106 e. The van der Waals surface area contributed by atoms with E-state index in [0.717, 1.165) is 0 Å². The molecule has 0 fully saturated rings. The zero-order valence-corrected chi connectivity index (χ0v) is 10.8. The van der Waals surface area contributed by atoms with E-state index in [0.29, 0.717) is 0 Å². The lowest BCUT2D eigenvalue weighted by Crippen LogP contribution is -1.89. The number of rotatable bonds is 2. The molecule has 0 heteroatoms. The molecular formula is C18H16. The number of allylic oxidation sites excluding steroid dienone is 1. The Morgan fingerprint density at radius 1 is 0.889 bits per heavy atom. The summed E-state index contributed by atoms with van der Waals surface area (Å²) in [6, 6.07) is 14.8. The lowest BCUT2D eigenvalue weighted by atomic mass is 9.93. The molecule has 0 aliphatic heterocycles. The number of hydrogen-bond acceptors (Lipinski definition) is 0. The van der Waals surface area contributed by atoms with Gasteiger partial charge in [0.2, 0.25) is 0 Å². The van der Waals surface area contributed by atoms with Crippen LogP contribution in [-0.4, -0.2) is 0 Å². The van der Waals surface area contributed by atoms with Gasteiger partial charge in [0.1, 0.15) is 0 Å². The normalized spacial score (nSPS) is 10.5. The summed E-state index contributed by atoms with van der Waals surface area (Å²) in [7, 11) is 0. The number of benzene rings is 2. The largest absolute Gasteiger partial charge is 0.115 e. The van der Waals surface area contributed by atoms with E-state index in [-0.39, 0.29) is 0 Å². The highest BCUT2D eigenvalue weighted by molar-refractivity contribution is 5.79. The summed E-state index contributed by atoms with van der Waals surface area (Å²) in [5.74, 6) is 2.56. The Hall–Kier alpha value is -2.26. The molecule has 0 aromatic heterocycles. The highest BCUT2D eigenvalue weighted by atomic mass is 14.1. The second-order valence-corrected chi connectivity index (χ2v) is 4.35. The van der Waals surface area contributed by atoms with Crippen molar-refractivity contribution in [3.63, 3.8) is 0 Å². The van der Waals surface area contributed by atoms with Gasteiger partial charge in [0.15, 0.2) is 0 Å². The van der Waals surface area contributed by atoms with Crippen molar-refractivity contribution >= 4 is 6.08 Å². The standard InChI is InChI=1S/C18H16/c1-4-5-11-16-15(3)10-8-13-18(16)17-12-7-6-9-14(17)2/h1,5-13H,2-3H3. The van der Waals surface area contributed by atoms with Crippen LogP contribution < -0.4 is 0 Å². The fourth-order valence-electron chi connectivity index (χ4n) is 2.14. The summed E-state index contributed by atoms with van der Waals surface area (Å²) < 4.78 is 0. The Morgan fingerprint density at radius 2 is 1.56 bits per heavy atom. The first-order chi connectivity index (χ1) is 8.74. The van der Waals surface area contributed by atoms with Gasteiger partial charge in [-0.25, -0.2) is 0 Å². The van der Waals surface area contributed by atoms with E-state index in [1.807, 2.05) is 6.08 Å². The van der Waals surface area contributed by atoms with Gasteiger partial charge in [-0.2, -0.15) is 0 Å². The molecule has 88 valence electrons. The van der Waals surface area contributed by atoms with Crippen LogP contribution >= 0.6 is 0 Å². The van der Waals surface area contributed by atoms with E-state index in [4.69, 9.17) is 6.42 Å². The molecular weight excluding hydrogens is 216 g/mol. The van der Waals surface area contributed by atoms with E-state index < -0.39 is 0 Å². The predicted molar refractivity (Wildman–Crippen MR) is 79.2 cm³/mol. The van der Waals surface area contributed by atoms with Crippen molar-refractivity contribution < 1.29 is 0 Å². The highest BCUT2D eigenvalue weighted by Crippen LogP contribution is 2.29. The maximum atomic E-state index is 5.31. The molecule has 2 rings (SSSR count). The summed E-state index contributed by atoms with van der Waals surface area (Å²) in [6.45, 7) is 4.24. The molecule has 2 aromatic rings. The molecule has 0 amide bonds. The van der Waals surface area contributed by atoms with Crippen LogP contribution in [0.3, 0.4) is 0 Å². The van der Waals surface area contributed by atoms with Crippen molar-refractivity contribution in [2.24, 2.45) is 0 Å². The van der Waals surface area contributed by atoms with Gasteiger partial charge < -0.3 is 0 Å². The monoisotopic (exact) mass is 232 g/mol. The number of terminal acetylenes is 1. The average Bonchev–Trinajstić information content (AvgIpc) is 2.38. The third-order valence-electron chi connectivity index (χ3n) is 3.11. The van der Waals surface area contributed by atoms with Crippen molar-refractivity contribution in [1.29, 1.82) is 0 Å². The molecule has 0 bridgehead atoms. The van der Waals surface area contributed by atoms with Gasteiger partial charge in [0.25, 0.3) is 0 Å². The van der Waals surface area contributed by atoms with E-state index in [2.05, 4.69) is 62.2 Å². The van der Waals surface area contributed by atoms with Gasteiger partial charge in [-0.05, 0) is 53.8 Å². The number of aryl methyl sites for hydroxylation is 2. The fraction of sp³-hybridized carbons (Fsp3) is 0.111. The third kappa shape index (κ3) is 2.36. The molecule has 0 N–H and O–H groups in total. The molecule has 0 radical (unpaired) electrons. The maximum absolute atomic E-state index is 5.31. The van der Waals surface area contributed by atoms with Gasteiger partial charge >= 0.3 is 0 Å². The summed E-state index contributed by atoms with van der Waals surface area (Å²) in [4.78, 5) is 0. The average molecular weight is 232 g/mol. The van der Waals surface area contributed by atoms with Crippen LogP contribution in [0.2, 0.25) is 0 Å². The van der Waals surface area contributed by atoms with Gasteiger partial charge in [0.05, 0.1) is 0 Å². The Kier molecular flexibility index (Phi) is 3.65. The van der Waals surface area contributed by atoms with Crippen molar-refractivity contribution in [2.75, 3.05) is 0 Å². The lowest BCUT2D eigenvalue weighted by Gasteiger charge is -2.11. The molecule has 0 unspecified atom stereocenters. The zero-order valence-electron chi connectivity index (χ0n) is 10.8. The molecule has 0 heterocycles. The second kappa shape index (κ2) is 5.38. The molecule has 0 saturated heterocycles. The van der Waals surface area contributed by atoms with Gasteiger partial charge in [0, 0.05) is 0 Å². The molecule has 0 atom stereocenters. The summed E-state index contributed by atoms with van der Waals surface area (Å²) in [5.41, 5.74) is 6.21. The highest BCUT2D eigenvalue weighted by Gasteiger charge is 2.06. The lowest BCUT2D eigenvalue weighted by molar-refractivity contribution is 1.41. The van der Waals surface area contributed by atoms with E-state index >= 15 is 0 Å². The van der Waals surface area contributed by atoms with E-state index in [1.165, 1.54) is 27.8 Å². The molecule has 0 nitrogen and oxygen atoms in total. The molecule has 0 saturated carbocycles. The Morgan fingerprint density at radius 3 is 2.28 bits per heavy atom. The molecule has 0 aliphatic carbocycles. The Bertz CT molecular complexity index is 625. The quantitative estimate of drug-likeness (QED) is 0.663. The first-order valence-corrected chi connectivity index (χ1v) is 6.02. The Labute approximate surface area is 109 Å². The molecule has 0 spiro atoms. The fourth-order valence-corrected chi connectivity index (χ4v) is 2.14. The van der Waals surface area contributed by atoms with Crippen LogP contribution in [0.1, 0.15) is 16.7 Å². The topological polar surface area (TPSA) is 0 Å². The van der Waals surface area contributed by atoms with Crippen LogP contribution in [0.15, 0.2) is 48.5 Å². The summed E-state index contributed by atoms with van der Waals surface area (Å²) in [5, 5.41) is 0. The van der Waals surface area contributed by atoms with Crippen LogP contribution in [0.4, 0.5) is 0 Å².